The van der Waals surface area contributed by atoms with Gasteiger partial charge in [-0.15, -0.1) is 0 Å². The predicted molar refractivity (Wildman–Crippen MR) is 91.1 cm³/mol. The molecule has 7 heteroatoms. The largest absolute Gasteiger partial charge is 0.323 e. The van der Waals surface area contributed by atoms with Crippen LogP contribution in [0.1, 0.15) is 24.2 Å². The van der Waals surface area contributed by atoms with E-state index in [1.807, 2.05) is 6.92 Å². The number of nitrogens with two attached hydrogens (primary N) is 1. The van der Waals surface area contributed by atoms with E-state index in [-0.39, 0.29) is 10.9 Å². The highest BCUT2D eigenvalue weighted by atomic mass is 35.5. The molecule has 2 heterocycles. The summed E-state index contributed by atoms with van der Waals surface area (Å²) in [5.74, 6) is 0. The molecule has 0 amide bonds. The van der Waals surface area contributed by atoms with Gasteiger partial charge in [-0.25, -0.2) is 17.4 Å². The summed E-state index contributed by atoms with van der Waals surface area (Å²) >= 11 is 6.19. The molecule has 0 spiro atoms. The number of pyridine rings is 1. The fourth-order valence-corrected chi connectivity index (χ4v) is 4.03. The zero-order valence-corrected chi connectivity index (χ0v) is 14.3. The van der Waals surface area contributed by atoms with Crippen molar-refractivity contribution in [2.75, 3.05) is 0 Å². The van der Waals surface area contributed by atoms with E-state index in [1.165, 1.54) is 10.2 Å². The summed E-state index contributed by atoms with van der Waals surface area (Å²) in [6, 6.07) is 9.60. The van der Waals surface area contributed by atoms with Crippen molar-refractivity contribution in [3.8, 4) is 0 Å². The van der Waals surface area contributed by atoms with Crippen LogP contribution >= 0.6 is 11.6 Å². The van der Waals surface area contributed by atoms with Crippen LogP contribution in [0.25, 0.3) is 11.0 Å². The third-order valence-electron chi connectivity index (χ3n) is 3.63. The highest BCUT2D eigenvalue weighted by molar-refractivity contribution is 7.90. The number of halogens is 1. The lowest BCUT2D eigenvalue weighted by atomic mass is 10.2. The minimum Gasteiger partial charge on any atom is -0.323 e. The van der Waals surface area contributed by atoms with E-state index in [2.05, 4.69) is 4.98 Å². The predicted octanol–water partition coefficient (Wildman–Crippen LogP) is 3.25. The van der Waals surface area contributed by atoms with Gasteiger partial charge in [0.25, 0.3) is 10.0 Å². The Morgan fingerprint density at radius 3 is 2.48 bits per heavy atom. The van der Waals surface area contributed by atoms with Crippen LogP contribution in [0.5, 0.6) is 0 Å². The van der Waals surface area contributed by atoms with E-state index in [4.69, 9.17) is 17.3 Å². The molecular weight excluding hydrogens is 334 g/mol. The van der Waals surface area contributed by atoms with Crippen LogP contribution in [0.2, 0.25) is 5.02 Å². The van der Waals surface area contributed by atoms with Gasteiger partial charge in [-0.1, -0.05) is 29.3 Å². The first-order valence-electron chi connectivity index (χ1n) is 7.06. The molecule has 1 atom stereocenters. The van der Waals surface area contributed by atoms with Crippen LogP contribution in [0.3, 0.4) is 0 Å². The van der Waals surface area contributed by atoms with E-state index in [9.17, 15) is 8.42 Å². The molecule has 120 valence electrons. The van der Waals surface area contributed by atoms with Crippen LogP contribution in [0.15, 0.2) is 47.5 Å². The molecule has 2 aromatic heterocycles. The number of nitrogens with zero attached hydrogens (tertiary/aromatic N) is 2. The average Bonchev–Trinajstić information content (AvgIpc) is 2.90. The highest BCUT2D eigenvalue weighted by Crippen LogP contribution is 2.27. The minimum atomic E-state index is -3.70. The van der Waals surface area contributed by atoms with Crippen LogP contribution < -0.4 is 5.73 Å². The summed E-state index contributed by atoms with van der Waals surface area (Å²) in [6.45, 7) is 3.68. The molecule has 3 rings (SSSR count). The molecule has 1 unspecified atom stereocenters. The topological polar surface area (TPSA) is 78.0 Å². The number of benzene rings is 1. The van der Waals surface area contributed by atoms with Crippen LogP contribution in [-0.4, -0.2) is 17.4 Å². The first-order valence-corrected chi connectivity index (χ1v) is 8.88. The maximum atomic E-state index is 12.8. The highest BCUT2D eigenvalue weighted by Gasteiger charge is 2.20. The molecule has 5 nitrogen and oxygen atoms in total. The summed E-state index contributed by atoms with van der Waals surface area (Å²) < 4.78 is 26.8. The Balaban J connectivity index is 2.20. The number of rotatable bonds is 3. The van der Waals surface area contributed by atoms with Crippen molar-refractivity contribution in [1.82, 2.24) is 8.96 Å². The lowest BCUT2D eigenvalue weighted by Gasteiger charge is -2.10. The van der Waals surface area contributed by atoms with Gasteiger partial charge in [0.15, 0.2) is 0 Å². The zero-order valence-electron chi connectivity index (χ0n) is 12.7. The summed E-state index contributed by atoms with van der Waals surface area (Å²) in [5.41, 5.74) is 8.34. The standard InChI is InChI=1S/C16H16ClN3O2S/c1-10-3-5-12(6-4-10)23(21,22)20-8-7-14-15(20)9-13(17)16(19-14)11(2)18/h3-9,11H,18H2,1-2H3. The van der Waals surface area contributed by atoms with Gasteiger partial charge in [-0.2, -0.15) is 0 Å². The fraction of sp³-hybridized carbons (Fsp3) is 0.188. The van der Waals surface area contributed by atoms with Gasteiger partial charge in [0.2, 0.25) is 0 Å². The quantitative estimate of drug-likeness (QED) is 0.787. The second kappa shape index (κ2) is 5.63. The molecule has 23 heavy (non-hydrogen) atoms. The normalized spacial score (nSPS) is 13.4. The smallest absolute Gasteiger partial charge is 0.268 e. The van der Waals surface area contributed by atoms with Gasteiger partial charge in [0.1, 0.15) is 0 Å². The van der Waals surface area contributed by atoms with Crippen molar-refractivity contribution in [3.63, 3.8) is 0 Å². The molecule has 0 saturated carbocycles. The Kier molecular flexibility index (Phi) is 3.91. The first-order chi connectivity index (χ1) is 10.8. The molecule has 3 aromatic rings. The van der Waals surface area contributed by atoms with E-state index in [0.717, 1.165) is 5.56 Å². The van der Waals surface area contributed by atoms with E-state index in [1.54, 1.807) is 43.3 Å². The number of hydrogen-bond acceptors (Lipinski definition) is 4. The van der Waals surface area contributed by atoms with Crippen LogP contribution in [0, 0.1) is 6.92 Å². The minimum absolute atomic E-state index is 0.216. The molecule has 0 saturated heterocycles. The number of hydrogen-bond donors (Lipinski definition) is 1. The first kappa shape index (κ1) is 16.0. The number of aryl methyl sites for hydroxylation is 1. The number of fused-ring (bicyclic) bond motifs is 1. The SMILES string of the molecule is Cc1ccc(S(=O)(=O)n2ccc3nc(C(C)N)c(Cl)cc32)cc1. The van der Waals surface area contributed by atoms with E-state index >= 15 is 0 Å². The summed E-state index contributed by atoms with van der Waals surface area (Å²) in [6.07, 6.45) is 1.48. The molecule has 0 aliphatic heterocycles. The molecule has 0 aliphatic carbocycles. The maximum Gasteiger partial charge on any atom is 0.268 e. The van der Waals surface area contributed by atoms with Crippen molar-refractivity contribution >= 4 is 32.7 Å². The monoisotopic (exact) mass is 349 g/mol. The van der Waals surface area contributed by atoms with Gasteiger partial charge in [-0.05, 0) is 38.1 Å². The number of aromatic nitrogens is 2. The molecule has 1 aromatic carbocycles. The average molecular weight is 350 g/mol. The summed E-state index contributed by atoms with van der Waals surface area (Å²) in [5, 5.41) is 0.353. The zero-order chi connectivity index (χ0) is 16.8. The summed E-state index contributed by atoms with van der Waals surface area (Å²) in [4.78, 5) is 4.59. The van der Waals surface area contributed by atoms with Gasteiger partial charge in [0.05, 0.1) is 26.6 Å². The summed E-state index contributed by atoms with van der Waals surface area (Å²) in [7, 11) is -3.70. The van der Waals surface area contributed by atoms with Crippen molar-refractivity contribution in [3.05, 3.63) is 58.9 Å². The second-order valence-electron chi connectivity index (χ2n) is 5.48. The Hall–Kier alpha value is -1.89. The molecule has 0 radical (unpaired) electrons. The van der Waals surface area contributed by atoms with Crippen molar-refractivity contribution < 1.29 is 8.42 Å². The Labute approximate surface area is 139 Å². The fourth-order valence-electron chi connectivity index (χ4n) is 2.38. The second-order valence-corrected chi connectivity index (χ2v) is 7.70. The Morgan fingerprint density at radius 2 is 1.87 bits per heavy atom. The molecule has 2 N–H and O–H groups in total. The maximum absolute atomic E-state index is 12.8. The Morgan fingerprint density at radius 1 is 1.22 bits per heavy atom. The van der Waals surface area contributed by atoms with Gasteiger partial charge >= 0.3 is 0 Å². The molecule has 0 fully saturated rings. The van der Waals surface area contributed by atoms with Crippen molar-refractivity contribution in [2.24, 2.45) is 5.73 Å². The van der Waals surface area contributed by atoms with Crippen LogP contribution in [0.4, 0.5) is 0 Å². The third kappa shape index (κ3) is 2.73. The van der Waals surface area contributed by atoms with Gasteiger partial charge in [0, 0.05) is 12.2 Å². The molecule has 0 aliphatic rings. The van der Waals surface area contributed by atoms with Gasteiger partial charge in [-0.3, -0.25) is 0 Å². The van der Waals surface area contributed by atoms with Crippen molar-refractivity contribution in [2.45, 2.75) is 24.8 Å². The molecular formula is C16H16ClN3O2S. The third-order valence-corrected chi connectivity index (χ3v) is 5.63. The van der Waals surface area contributed by atoms with Gasteiger partial charge < -0.3 is 5.73 Å². The van der Waals surface area contributed by atoms with Crippen molar-refractivity contribution in [1.29, 1.82) is 0 Å². The lowest BCUT2D eigenvalue weighted by molar-refractivity contribution is 0.589. The van der Waals surface area contributed by atoms with E-state index < -0.39 is 10.0 Å². The van der Waals surface area contributed by atoms with E-state index in [0.29, 0.717) is 21.7 Å². The van der Waals surface area contributed by atoms with Crippen LogP contribution in [-0.2, 0) is 10.0 Å². The molecule has 0 bridgehead atoms. The Bertz CT molecular complexity index is 976. The lowest BCUT2D eigenvalue weighted by Crippen LogP contribution is -2.12.